The molecule has 0 saturated heterocycles. The zero-order valence-corrected chi connectivity index (χ0v) is 19.6. The Hall–Kier alpha value is -2.54. The summed E-state index contributed by atoms with van der Waals surface area (Å²) in [6.07, 6.45) is -5.19. The number of carbonyl (C=O) groups excluding carboxylic acids is 3. The van der Waals surface area contributed by atoms with Gasteiger partial charge in [-0.3, -0.25) is 14.1 Å². The maximum Gasteiger partial charge on any atom is 0.470 e. The number of nitrogens with two attached hydrogens (primary N) is 2. The number of amides is 2. The summed E-state index contributed by atoms with van der Waals surface area (Å²) in [5.41, 5.74) is 11.2. The van der Waals surface area contributed by atoms with Crippen LogP contribution in [-0.4, -0.2) is 68.2 Å². The Morgan fingerprint density at radius 1 is 1.32 bits per heavy atom. The lowest BCUT2D eigenvalue weighted by Gasteiger charge is -2.34. The van der Waals surface area contributed by atoms with E-state index in [9.17, 15) is 38.9 Å². The minimum atomic E-state index is -5.27. The van der Waals surface area contributed by atoms with Crippen LogP contribution in [0.4, 0.5) is 0 Å². The van der Waals surface area contributed by atoms with Crippen LogP contribution in [-0.2, 0) is 29.8 Å². The minimum absolute atomic E-state index is 0.0160. The quantitative estimate of drug-likeness (QED) is 0.144. The third-order valence-electron chi connectivity index (χ3n) is 5.21. The van der Waals surface area contributed by atoms with Gasteiger partial charge in [0.2, 0.25) is 5.91 Å². The Bertz CT molecular complexity index is 966. The number of aromatic hydroxyl groups is 1. The lowest BCUT2D eigenvalue weighted by atomic mass is 9.90. The SMILES string of the molecule is CC(C)C[C@H](NC(=O)[C@@H](OP(=O)(O)O)[C@@H](O)[C@@H](N)CC(N)=O)[C@@H]1Cc2cccc(O)c2C(=O)O1. The van der Waals surface area contributed by atoms with Crippen LogP contribution in [0.5, 0.6) is 5.75 Å². The van der Waals surface area contributed by atoms with E-state index in [0.717, 1.165) is 0 Å². The lowest BCUT2D eigenvalue weighted by Crippen LogP contribution is -2.56. The molecule has 34 heavy (non-hydrogen) atoms. The maximum absolute atomic E-state index is 13.0. The molecule has 5 atom stereocenters. The number of phenolic OH excluding ortho intramolecular Hbond substituents is 1. The summed E-state index contributed by atoms with van der Waals surface area (Å²) in [7, 11) is -5.27. The van der Waals surface area contributed by atoms with Gasteiger partial charge in [-0.25, -0.2) is 9.36 Å². The smallest absolute Gasteiger partial charge is 0.470 e. The van der Waals surface area contributed by atoms with Crippen LogP contribution in [0, 0.1) is 5.92 Å². The fraction of sp³-hybridized carbons (Fsp3) is 0.550. The Kier molecular flexibility index (Phi) is 9.17. The van der Waals surface area contributed by atoms with E-state index in [4.69, 9.17) is 16.2 Å². The minimum Gasteiger partial charge on any atom is -0.507 e. The van der Waals surface area contributed by atoms with Crippen molar-refractivity contribution in [2.24, 2.45) is 17.4 Å². The number of hydrogen-bond donors (Lipinski definition) is 7. The summed E-state index contributed by atoms with van der Waals surface area (Å²) in [5, 5.41) is 22.9. The monoisotopic (exact) mass is 503 g/mol. The largest absolute Gasteiger partial charge is 0.507 e. The summed E-state index contributed by atoms with van der Waals surface area (Å²) >= 11 is 0. The molecule has 0 saturated carbocycles. The Morgan fingerprint density at radius 3 is 2.53 bits per heavy atom. The van der Waals surface area contributed by atoms with E-state index >= 15 is 0 Å². The molecular formula is C20H30N3O10P. The average Bonchev–Trinajstić information content (AvgIpc) is 2.69. The van der Waals surface area contributed by atoms with Crippen LogP contribution in [0.3, 0.4) is 0 Å². The van der Waals surface area contributed by atoms with Crippen LogP contribution in [0.2, 0.25) is 0 Å². The number of esters is 1. The summed E-state index contributed by atoms with van der Waals surface area (Å²) < 4.78 is 21.4. The van der Waals surface area contributed by atoms with Crippen molar-refractivity contribution >= 4 is 25.6 Å². The van der Waals surface area contributed by atoms with Gasteiger partial charge in [0.1, 0.15) is 23.5 Å². The van der Waals surface area contributed by atoms with Gasteiger partial charge in [0.05, 0.1) is 6.04 Å². The van der Waals surface area contributed by atoms with Gasteiger partial charge in [-0.15, -0.1) is 0 Å². The first-order chi connectivity index (χ1) is 15.7. The van der Waals surface area contributed by atoms with Crippen molar-refractivity contribution in [1.82, 2.24) is 5.32 Å². The van der Waals surface area contributed by atoms with Gasteiger partial charge < -0.3 is 41.5 Å². The molecule has 0 aromatic heterocycles. The fourth-order valence-electron chi connectivity index (χ4n) is 3.74. The second kappa shape index (κ2) is 11.3. The molecular weight excluding hydrogens is 473 g/mol. The normalized spacial score (nSPS) is 19.5. The van der Waals surface area contributed by atoms with Gasteiger partial charge in [0, 0.05) is 18.9 Å². The molecule has 1 aliphatic rings. The molecule has 1 aliphatic heterocycles. The molecule has 1 aromatic rings. The van der Waals surface area contributed by atoms with Crippen molar-refractivity contribution in [3.05, 3.63) is 29.3 Å². The second-order valence-electron chi connectivity index (χ2n) is 8.55. The first kappa shape index (κ1) is 27.7. The maximum atomic E-state index is 13.0. The van der Waals surface area contributed by atoms with E-state index in [2.05, 4.69) is 9.84 Å². The number of cyclic esters (lactones) is 1. The summed E-state index contributed by atoms with van der Waals surface area (Å²) in [6, 6.07) is 2.22. The third-order valence-corrected chi connectivity index (χ3v) is 5.71. The molecule has 14 heteroatoms. The van der Waals surface area contributed by atoms with Crippen molar-refractivity contribution in [3.63, 3.8) is 0 Å². The van der Waals surface area contributed by atoms with Crippen molar-refractivity contribution in [2.45, 2.75) is 63.5 Å². The number of fused-ring (bicyclic) bond motifs is 1. The number of hydrogen-bond acceptors (Lipinski definition) is 9. The number of nitrogens with one attached hydrogen (secondary N) is 1. The van der Waals surface area contributed by atoms with Gasteiger partial charge >= 0.3 is 13.8 Å². The summed E-state index contributed by atoms with van der Waals surface area (Å²) in [6.45, 7) is 3.68. The Labute approximate surface area is 195 Å². The number of phenols is 1. The van der Waals surface area contributed by atoms with E-state index in [0.29, 0.717) is 5.56 Å². The van der Waals surface area contributed by atoms with Crippen LogP contribution in [0.15, 0.2) is 18.2 Å². The highest BCUT2D eigenvalue weighted by Gasteiger charge is 2.41. The van der Waals surface area contributed by atoms with Gasteiger partial charge in [-0.05, 0) is 24.0 Å². The van der Waals surface area contributed by atoms with Crippen molar-refractivity contribution < 1.29 is 48.2 Å². The molecule has 1 aromatic carbocycles. The molecule has 0 bridgehead atoms. The van der Waals surface area contributed by atoms with Crippen molar-refractivity contribution in [3.8, 4) is 5.75 Å². The molecule has 13 nitrogen and oxygen atoms in total. The number of aliphatic hydroxyl groups excluding tert-OH is 1. The molecule has 0 fully saturated rings. The van der Waals surface area contributed by atoms with Crippen molar-refractivity contribution in [1.29, 1.82) is 0 Å². The number of carbonyl (C=O) groups is 3. The first-order valence-electron chi connectivity index (χ1n) is 10.5. The van der Waals surface area contributed by atoms with Crippen LogP contribution in [0.1, 0.15) is 42.6 Å². The number of aliphatic hydroxyl groups is 1. The molecule has 0 radical (unpaired) electrons. The number of phosphoric ester groups is 1. The zero-order valence-electron chi connectivity index (χ0n) is 18.7. The predicted octanol–water partition coefficient (Wildman–Crippen LogP) is -0.954. The van der Waals surface area contributed by atoms with Crippen LogP contribution in [0.25, 0.3) is 0 Å². The predicted molar refractivity (Wildman–Crippen MR) is 117 cm³/mol. The van der Waals surface area contributed by atoms with E-state index in [1.807, 2.05) is 13.8 Å². The second-order valence-corrected chi connectivity index (χ2v) is 9.74. The highest BCUT2D eigenvalue weighted by Crippen LogP contribution is 2.39. The van der Waals surface area contributed by atoms with Gasteiger partial charge in [0.15, 0.2) is 6.10 Å². The molecule has 0 unspecified atom stereocenters. The molecule has 2 amide bonds. The molecule has 9 N–H and O–H groups in total. The fourth-order valence-corrected chi connectivity index (χ4v) is 4.26. The zero-order chi connectivity index (χ0) is 25.8. The molecule has 2 rings (SSSR count). The van der Waals surface area contributed by atoms with E-state index < -0.39 is 62.4 Å². The van der Waals surface area contributed by atoms with Crippen LogP contribution < -0.4 is 16.8 Å². The Balaban J connectivity index is 2.30. The standard InChI is InChI=1S/C20H30N3O10P/c1-9(2)6-12(14-7-10-4-3-5-13(24)16(10)20(28)32-14)23-19(27)18(33-34(29,30)31)17(26)11(21)8-15(22)25/h3-5,9,11-12,14,17-18,24,26H,6-8,21H2,1-2H3,(H2,22,25)(H,23,27)(H2,29,30,31)/t11-,12-,14-,17-,18-/m0/s1. The van der Waals surface area contributed by atoms with E-state index in [1.54, 1.807) is 12.1 Å². The summed E-state index contributed by atoms with van der Waals surface area (Å²) in [5.74, 6) is -3.10. The summed E-state index contributed by atoms with van der Waals surface area (Å²) in [4.78, 5) is 55.0. The van der Waals surface area contributed by atoms with Gasteiger partial charge in [-0.2, -0.15) is 0 Å². The first-order valence-corrected chi connectivity index (χ1v) is 12.0. The molecule has 0 aliphatic carbocycles. The number of benzene rings is 1. The van der Waals surface area contributed by atoms with Gasteiger partial charge in [0.25, 0.3) is 5.91 Å². The van der Waals surface area contributed by atoms with E-state index in [1.165, 1.54) is 6.07 Å². The number of ether oxygens (including phenoxy) is 1. The Morgan fingerprint density at radius 2 is 1.97 bits per heavy atom. The topological polar surface area (TPSA) is 232 Å². The average molecular weight is 503 g/mol. The lowest BCUT2D eigenvalue weighted by molar-refractivity contribution is -0.138. The molecule has 190 valence electrons. The number of phosphoric acid groups is 1. The highest BCUT2D eigenvalue weighted by molar-refractivity contribution is 7.46. The molecule has 1 heterocycles. The highest BCUT2D eigenvalue weighted by atomic mass is 31.2. The van der Waals surface area contributed by atoms with Crippen molar-refractivity contribution in [2.75, 3.05) is 0 Å². The number of rotatable bonds is 11. The third kappa shape index (κ3) is 7.49. The molecule has 0 spiro atoms. The van der Waals surface area contributed by atoms with Crippen LogP contribution >= 0.6 is 7.82 Å². The van der Waals surface area contributed by atoms with E-state index in [-0.39, 0.29) is 30.1 Å². The van der Waals surface area contributed by atoms with Gasteiger partial charge in [-0.1, -0.05) is 26.0 Å². The number of primary amides is 1.